The summed E-state index contributed by atoms with van der Waals surface area (Å²) in [5.41, 5.74) is 8.97. The molecule has 0 saturated heterocycles. The molecule has 27 heavy (non-hydrogen) atoms. The molecule has 146 valence electrons. The van der Waals surface area contributed by atoms with Crippen molar-refractivity contribution in [1.29, 1.82) is 0 Å². The Morgan fingerprint density at radius 2 is 2.00 bits per heavy atom. The van der Waals surface area contributed by atoms with E-state index in [1.807, 2.05) is 5.48 Å². The highest BCUT2D eigenvalue weighted by Crippen LogP contribution is 2.40. The number of guanidine groups is 1. The number of fused-ring (bicyclic) bond motifs is 1. The van der Waals surface area contributed by atoms with Crippen molar-refractivity contribution in [3.8, 4) is 0 Å². The fraction of sp³-hybridized carbons (Fsp3) is 0.611. The van der Waals surface area contributed by atoms with Crippen molar-refractivity contribution in [1.82, 2.24) is 10.8 Å². The van der Waals surface area contributed by atoms with Crippen LogP contribution in [0.1, 0.15) is 52.9 Å². The molecule has 8 nitrogen and oxygen atoms in total. The van der Waals surface area contributed by atoms with E-state index in [1.54, 1.807) is 0 Å². The fourth-order valence-corrected chi connectivity index (χ4v) is 4.68. The summed E-state index contributed by atoms with van der Waals surface area (Å²) in [5, 5.41) is 15.5. The number of hydroxylamine groups is 1. The van der Waals surface area contributed by atoms with Crippen LogP contribution >= 0.6 is 11.3 Å². The summed E-state index contributed by atoms with van der Waals surface area (Å²) in [5.74, 6) is 0.525. The van der Waals surface area contributed by atoms with Gasteiger partial charge in [0.05, 0.1) is 11.6 Å². The van der Waals surface area contributed by atoms with Crippen LogP contribution in [0.5, 0.6) is 0 Å². The molecule has 2 saturated carbocycles. The summed E-state index contributed by atoms with van der Waals surface area (Å²) in [7, 11) is 0. The minimum absolute atomic E-state index is 0.00753. The summed E-state index contributed by atoms with van der Waals surface area (Å²) in [6.45, 7) is 0.683. The van der Waals surface area contributed by atoms with Crippen LogP contribution in [0.15, 0.2) is 4.99 Å². The number of nitrogens with one attached hydrogen (secondary N) is 3. The van der Waals surface area contributed by atoms with Crippen LogP contribution in [0.3, 0.4) is 0 Å². The van der Waals surface area contributed by atoms with E-state index in [1.165, 1.54) is 11.3 Å². The molecule has 3 aliphatic carbocycles. The Bertz CT molecular complexity index is 782. The second-order valence-electron chi connectivity index (χ2n) is 7.65. The van der Waals surface area contributed by atoms with Gasteiger partial charge in [-0.15, -0.1) is 11.3 Å². The number of amides is 2. The Hall–Kier alpha value is -2.13. The first kappa shape index (κ1) is 18.2. The van der Waals surface area contributed by atoms with E-state index in [-0.39, 0.29) is 29.7 Å². The first-order chi connectivity index (χ1) is 13.0. The van der Waals surface area contributed by atoms with Crippen molar-refractivity contribution in [3.05, 3.63) is 16.0 Å². The number of rotatable bonds is 6. The van der Waals surface area contributed by atoms with Crippen LogP contribution in [0.2, 0.25) is 0 Å². The number of anilines is 1. The van der Waals surface area contributed by atoms with Crippen molar-refractivity contribution < 1.29 is 14.8 Å². The van der Waals surface area contributed by atoms with Gasteiger partial charge in [-0.1, -0.05) is 0 Å². The van der Waals surface area contributed by atoms with Gasteiger partial charge in [0, 0.05) is 17.3 Å². The Morgan fingerprint density at radius 3 is 2.67 bits per heavy atom. The van der Waals surface area contributed by atoms with Crippen molar-refractivity contribution in [2.24, 2.45) is 22.6 Å². The molecule has 2 fully saturated rings. The first-order valence-electron chi connectivity index (χ1n) is 9.52. The highest BCUT2D eigenvalue weighted by Gasteiger charge is 2.34. The van der Waals surface area contributed by atoms with E-state index < -0.39 is 0 Å². The minimum Gasteiger partial charge on any atom is -0.368 e. The van der Waals surface area contributed by atoms with E-state index >= 15 is 0 Å². The second kappa shape index (κ2) is 7.47. The Balaban J connectivity index is 1.59. The predicted molar refractivity (Wildman–Crippen MR) is 103 cm³/mol. The van der Waals surface area contributed by atoms with Gasteiger partial charge >= 0.3 is 0 Å². The topological polar surface area (TPSA) is 129 Å². The average molecular weight is 391 g/mol. The van der Waals surface area contributed by atoms with Crippen LogP contribution < -0.4 is 21.8 Å². The maximum absolute atomic E-state index is 12.9. The summed E-state index contributed by atoms with van der Waals surface area (Å²) < 4.78 is 0. The summed E-state index contributed by atoms with van der Waals surface area (Å²) in [6.07, 6.45) is 6.30. The third-order valence-corrected chi connectivity index (χ3v) is 6.54. The molecule has 1 aromatic heterocycles. The molecule has 6 N–H and O–H groups in total. The van der Waals surface area contributed by atoms with E-state index in [0.717, 1.165) is 49.0 Å². The molecule has 4 rings (SSSR count). The fourth-order valence-electron chi connectivity index (χ4n) is 3.44. The Kier molecular flexibility index (Phi) is 5.05. The Morgan fingerprint density at radius 1 is 1.22 bits per heavy atom. The van der Waals surface area contributed by atoms with Crippen molar-refractivity contribution in [3.63, 3.8) is 0 Å². The lowest BCUT2D eigenvalue weighted by Gasteiger charge is -2.20. The predicted octanol–water partition coefficient (Wildman–Crippen LogP) is 1.39. The smallest absolute Gasteiger partial charge is 0.254 e. The third-order valence-electron chi connectivity index (χ3n) is 5.33. The number of nitrogens with zero attached hydrogens (tertiary/aromatic N) is 1. The van der Waals surface area contributed by atoms with E-state index in [4.69, 9.17) is 10.9 Å². The number of aryl methyl sites for hydroxylation is 1. The number of nitrogens with two attached hydrogens (primary N) is 1. The van der Waals surface area contributed by atoms with E-state index in [0.29, 0.717) is 29.4 Å². The summed E-state index contributed by atoms with van der Waals surface area (Å²) in [6, 6.07) is -0.103. The summed E-state index contributed by atoms with van der Waals surface area (Å²) in [4.78, 5) is 30.6. The molecule has 1 atom stereocenters. The molecular formula is C18H25N5O3S. The molecule has 1 aromatic rings. The lowest BCUT2D eigenvalue weighted by Crippen LogP contribution is -2.32. The maximum Gasteiger partial charge on any atom is 0.254 e. The molecule has 0 spiro atoms. The van der Waals surface area contributed by atoms with Gasteiger partial charge in [0.15, 0.2) is 0 Å². The first-order valence-corrected chi connectivity index (χ1v) is 10.3. The largest absolute Gasteiger partial charge is 0.368 e. The lowest BCUT2D eigenvalue weighted by atomic mass is 9.91. The van der Waals surface area contributed by atoms with Crippen molar-refractivity contribution in [2.75, 3.05) is 11.9 Å². The van der Waals surface area contributed by atoms with Crippen LogP contribution in [-0.4, -0.2) is 35.6 Å². The number of carbonyl (C=O) groups excluding carboxylic acids is 2. The van der Waals surface area contributed by atoms with Gasteiger partial charge in [0.2, 0.25) is 11.9 Å². The highest BCUT2D eigenvalue weighted by atomic mass is 32.1. The zero-order valence-electron chi connectivity index (χ0n) is 15.1. The van der Waals surface area contributed by atoms with Gasteiger partial charge in [-0.05, 0) is 56.4 Å². The zero-order chi connectivity index (χ0) is 19.0. The van der Waals surface area contributed by atoms with Gasteiger partial charge in [0.1, 0.15) is 5.00 Å². The molecule has 0 aliphatic heterocycles. The number of hydrogen-bond donors (Lipinski definition) is 5. The van der Waals surface area contributed by atoms with Crippen LogP contribution in [0.25, 0.3) is 0 Å². The summed E-state index contributed by atoms with van der Waals surface area (Å²) >= 11 is 1.50. The van der Waals surface area contributed by atoms with Gasteiger partial charge in [-0.25, -0.2) is 10.5 Å². The number of aliphatic imine (C=N–C) groups is 1. The average Bonchev–Trinajstić information content (AvgIpc) is 3.56. The molecule has 9 heteroatoms. The van der Waals surface area contributed by atoms with Gasteiger partial charge in [-0.3, -0.25) is 14.8 Å². The van der Waals surface area contributed by atoms with Crippen LogP contribution in [-0.2, 0) is 17.6 Å². The quantitative estimate of drug-likeness (QED) is 0.284. The standard InChI is InChI=1S/C18H25N5O3S/c19-18(23-26)21-11-5-6-13-12(7-11)14(16(25)20-8-9-1-2-9)17(27-13)22-15(24)10-3-4-10/h9-11,26H,1-8H2,(H,20,25)(H,22,24)(H3,19,21,23). The Labute approximate surface area is 161 Å². The number of thiophene rings is 1. The molecule has 1 heterocycles. The van der Waals surface area contributed by atoms with Crippen molar-refractivity contribution in [2.45, 2.75) is 51.0 Å². The van der Waals surface area contributed by atoms with E-state index in [2.05, 4.69) is 15.6 Å². The molecule has 0 bridgehead atoms. The number of hydrogen-bond acceptors (Lipinski definition) is 5. The van der Waals surface area contributed by atoms with Gasteiger partial charge < -0.3 is 16.4 Å². The highest BCUT2D eigenvalue weighted by molar-refractivity contribution is 7.17. The van der Waals surface area contributed by atoms with Crippen LogP contribution in [0.4, 0.5) is 5.00 Å². The molecule has 2 amide bonds. The maximum atomic E-state index is 12.9. The van der Waals surface area contributed by atoms with Crippen molar-refractivity contribution >= 4 is 34.1 Å². The zero-order valence-corrected chi connectivity index (χ0v) is 15.9. The molecular weight excluding hydrogens is 366 g/mol. The lowest BCUT2D eigenvalue weighted by molar-refractivity contribution is -0.117. The number of carbonyl (C=O) groups is 2. The normalized spacial score (nSPS) is 22.1. The molecule has 1 unspecified atom stereocenters. The monoisotopic (exact) mass is 391 g/mol. The third kappa shape index (κ3) is 4.24. The van der Waals surface area contributed by atoms with Gasteiger partial charge in [0.25, 0.3) is 5.91 Å². The van der Waals surface area contributed by atoms with Crippen LogP contribution in [0, 0.1) is 11.8 Å². The SMILES string of the molecule is NC(=NC1CCc2sc(NC(=O)C3CC3)c(C(=O)NCC3CC3)c2C1)NO. The minimum atomic E-state index is -0.122. The van der Waals surface area contributed by atoms with Gasteiger partial charge in [-0.2, -0.15) is 0 Å². The molecule has 3 aliphatic rings. The molecule has 0 aromatic carbocycles. The molecule has 0 radical (unpaired) electrons. The second-order valence-corrected chi connectivity index (χ2v) is 8.75. The van der Waals surface area contributed by atoms with E-state index in [9.17, 15) is 9.59 Å².